The molecule has 2 atom stereocenters. The highest BCUT2D eigenvalue weighted by Crippen LogP contribution is 2.06. The zero-order valence-corrected chi connectivity index (χ0v) is 7.64. The average Bonchev–Trinajstić information content (AvgIpc) is 2.55. The maximum absolute atomic E-state index is 5.93. The predicted molar refractivity (Wildman–Crippen MR) is 47.5 cm³/mol. The van der Waals surface area contributed by atoms with Crippen LogP contribution < -0.4 is 5.73 Å². The third kappa shape index (κ3) is 2.30. The van der Waals surface area contributed by atoms with Gasteiger partial charge in [-0.1, -0.05) is 25.5 Å². The van der Waals surface area contributed by atoms with Crippen molar-refractivity contribution in [1.82, 2.24) is 15.0 Å². The molecular formula is C8H16N4. The Bertz CT molecular complexity index is 207. The van der Waals surface area contributed by atoms with Crippen LogP contribution in [0.25, 0.3) is 0 Å². The molecule has 0 aliphatic heterocycles. The van der Waals surface area contributed by atoms with E-state index >= 15 is 0 Å². The summed E-state index contributed by atoms with van der Waals surface area (Å²) in [6, 6.07) is 0.177. The number of aromatic nitrogens is 3. The fraction of sp³-hybridized carbons (Fsp3) is 0.750. The summed E-state index contributed by atoms with van der Waals surface area (Å²) in [5, 5.41) is 7.58. The van der Waals surface area contributed by atoms with Crippen molar-refractivity contribution in [2.45, 2.75) is 32.9 Å². The van der Waals surface area contributed by atoms with Crippen molar-refractivity contribution >= 4 is 0 Å². The van der Waals surface area contributed by atoms with Crippen molar-refractivity contribution in [2.24, 2.45) is 11.7 Å². The Labute approximate surface area is 72.8 Å². The van der Waals surface area contributed by atoms with Crippen LogP contribution in [0.1, 0.15) is 20.3 Å². The lowest BCUT2D eigenvalue weighted by Gasteiger charge is -2.17. The Balaban J connectivity index is 2.41. The highest BCUT2D eigenvalue weighted by Gasteiger charge is 2.10. The SMILES string of the molecule is CCC(C)C(N)Cn1ccnn1. The van der Waals surface area contributed by atoms with Gasteiger partial charge in [0.25, 0.3) is 0 Å². The molecule has 0 spiro atoms. The van der Waals surface area contributed by atoms with Gasteiger partial charge in [0.1, 0.15) is 0 Å². The molecule has 12 heavy (non-hydrogen) atoms. The molecule has 4 nitrogen and oxygen atoms in total. The molecule has 1 rings (SSSR count). The molecule has 0 radical (unpaired) electrons. The first-order valence-corrected chi connectivity index (χ1v) is 4.33. The Morgan fingerprint density at radius 2 is 2.33 bits per heavy atom. The van der Waals surface area contributed by atoms with Crippen LogP contribution in [-0.2, 0) is 6.54 Å². The third-order valence-corrected chi connectivity index (χ3v) is 2.24. The number of nitrogens with zero attached hydrogens (tertiary/aromatic N) is 3. The molecule has 1 aromatic heterocycles. The van der Waals surface area contributed by atoms with Crippen molar-refractivity contribution in [2.75, 3.05) is 0 Å². The van der Waals surface area contributed by atoms with E-state index in [1.54, 1.807) is 10.9 Å². The van der Waals surface area contributed by atoms with E-state index in [1.165, 1.54) is 0 Å². The number of rotatable bonds is 4. The molecule has 4 heteroatoms. The molecule has 0 aromatic carbocycles. The molecule has 0 amide bonds. The lowest BCUT2D eigenvalue weighted by molar-refractivity contribution is 0.377. The van der Waals surface area contributed by atoms with Crippen LogP contribution in [-0.4, -0.2) is 21.0 Å². The van der Waals surface area contributed by atoms with Gasteiger partial charge in [0.05, 0.1) is 12.7 Å². The Kier molecular flexibility index (Phi) is 3.22. The minimum absolute atomic E-state index is 0.177. The van der Waals surface area contributed by atoms with Gasteiger partial charge in [-0.3, -0.25) is 4.68 Å². The van der Waals surface area contributed by atoms with Crippen LogP contribution in [0.4, 0.5) is 0 Å². The van der Waals surface area contributed by atoms with Gasteiger partial charge in [0, 0.05) is 12.2 Å². The maximum Gasteiger partial charge on any atom is 0.0692 e. The molecule has 1 heterocycles. The smallest absolute Gasteiger partial charge is 0.0692 e. The van der Waals surface area contributed by atoms with Crippen LogP contribution in [0.15, 0.2) is 12.4 Å². The van der Waals surface area contributed by atoms with Crippen LogP contribution in [0.3, 0.4) is 0 Å². The standard InChI is InChI=1S/C8H16N4/c1-3-7(2)8(9)6-12-5-4-10-11-12/h4-5,7-8H,3,6,9H2,1-2H3. The highest BCUT2D eigenvalue weighted by molar-refractivity contribution is 4.71. The first-order chi connectivity index (χ1) is 5.74. The summed E-state index contributed by atoms with van der Waals surface area (Å²) in [5.41, 5.74) is 5.93. The van der Waals surface area contributed by atoms with Crippen LogP contribution >= 0.6 is 0 Å². The third-order valence-electron chi connectivity index (χ3n) is 2.24. The lowest BCUT2D eigenvalue weighted by Crippen LogP contribution is -2.32. The van der Waals surface area contributed by atoms with E-state index in [0.29, 0.717) is 5.92 Å². The summed E-state index contributed by atoms with van der Waals surface area (Å²) in [5.74, 6) is 0.536. The first-order valence-electron chi connectivity index (χ1n) is 4.33. The van der Waals surface area contributed by atoms with Gasteiger partial charge in [-0.25, -0.2) is 0 Å². The zero-order chi connectivity index (χ0) is 8.97. The van der Waals surface area contributed by atoms with Crippen molar-refractivity contribution in [3.63, 3.8) is 0 Å². The van der Waals surface area contributed by atoms with Gasteiger partial charge in [-0.15, -0.1) is 5.10 Å². The van der Waals surface area contributed by atoms with Crippen LogP contribution in [0.5, 0.6) is 0 Å². The number of hydrogen-bond donors (Lipinski definition) is 1. The van der Waals surface area contributed by atoms with Crippen molar-refractivity contribution in [1.29, 1.82) is 0 Å². The molecular weight excluding hydrogens is 152 g/mol. The Morgan fingerprint density at radius 3 is 2.83 bits per heavy atom. The minimum Gasteiger partial charge on any atom is -0.326 e. The largest absolute Gasteiger partial charge is 0.326 e. The summed E-state index contributed by atoms with van der Waals surface area (Å²) < 4.78 is 1.77. The van der Waals surface area contributed by atoms with E-state index in [2.05, 4.69) is 24.2 Å². The van der Waals surface area contributed by atoms with E-state index in [-0.39, 0.29) is 6.04 Å². The molecule has 0 saturated carbocycles. The molecule has 2 N–H and O–H groups in total. The van der Waals surface area contributed by atoms with E-state index in [4.69, 9.17) is 5.73 Å². The second-order valence-corrected chi connectivity index (χ2v) is 3.17. The number of nitrogens with two attached hydrogens (primary N) is 1. The molecule has 0 bridgehead atoms. The van der Waals surface area contributed by atoms with E-state index in [0.717, 1.165) is 13.0 Å². The molecule has 2 unspecified atom stereocenters. The second-order valence-electron chi connectivity index (χ2n) is 3.17. The fourth-order valence-electron chi connectivity index (χ4n) is 1.03. The van der Waals surface area contributed by atoms with Gasteiger partial charge < -0.3 is 5.73 Å². The topological polar surface area (TPSA) is 56.7 Å². The first kappa shape index (κ1) is 9.19. The minimum atomic E-state index is 0.177. The normalized spacial score (nSPS) is 15.9. The predicted octanol–water partition coefficient (Wildman–Crippen LogP) is 0.652. The summed E-state index contributed by atoms with van der Waals surface area (Å²) in [7, 11) is 0. The molecule has 0 saturated heterocycles. The molecule has 1 aromatic rings. The van der Waals surface area contributed by atoms with Gasteiger partial charge in [0.15, 0.2) is 0 Å². The molecule has 0 fully saturated rings. The monoisotopic (exact) mass is 168 g/mol. The fourth-order valence-corrected chi connectivity index (χ4v) is 1.03. The Morgan fingerprint density at radius 1 is 1.58 bits per heavy atom. The van der Waals surface area contributed by atoms with E-state index in [1.807, 2.05) is 6.20 Å². The molecule has 68 valence electrons. The summed E-state index contributed by atoms with van der Waals surface area (Å²) in [6.07, 6.45) is 4.61. The van der Waals surface area contributed by atoms with E-state index < -0.39 is 0 Å². The van der Waals surface area contributed by atoms with Crippen LogP contribution in [0.2, 0.25) is 0 Å². The number of hydrogen-bond acceptors (Lipinski definition) is 3. The summed E-state index contributed by atoms with van der Waals surface area (Å²) >= 11 is 0. The van der Waals surface area contributed by atoms with Gasteiger partial charge >= 0.3 is 0 Å². The Hall–Kier alpha value is -0.900. The van der Waals surface area contributed by atoms with Crippen molar-refractivity contribution < 1.29 is 0 Å². The van der Waals surface area contributed by atoms with Gasteiger partial charge in [0.2, 0.25) is 0 Å². The quantitative estimate of drug-likeness (QED) is 0.718. The average molecular weight is 168 g/mol. The van der Waals surface area contributed by atoms with E-state index in [9.17, 15) is 0 Å². The van der Waals surface area contributed by atoms with Crippen LogP contribution in [0, 0.1) is 5.92 Å². The van der Waals surface area contributed by atoms with Gasteiger partial charge in [-0.2, -0.15) is 0 Å². The van der Waals surface area contributed by atoms with Crippen molar-refractivity contribution in [3.8, 4) is 0 Å². The maximum atomic E-state index is 5.93. The van der Waals surface area contributed by atoms with Gasteiger partial charge in [-0.05, 0) is 5.92 Å². The molecule has 0 aliphatic rings. The summed E-state index contributed by atoms with van der Waals surface area (Å²) in [6.45, 7) is 5.06. The lowest BCUT2D eigenvalue weighted by atomic mass is 10.0. The van der Waals surface area contributed by atoms with Crippen molar-refractivity contribution in [3.05, 3.63) is 12.4 Å². The summed E-state index contributed by atoms with van der Waals surface area (Å²) in [4.78, 5) is 0. The highest BCUT2D eigenvalue weighted by atomic mass is 15.4. The zero-order valence-electron chi connectivity index (χ0n) is 7.64. The second kappa shape index (κ2) is 4.21. The molecule has 0 aliphatic carbocycles.